The van der Waals surface area contributed by atoms with Crippen LogP contribution in [0.4, 0.5) is 0 Å². The van der Waals surface area contributed by atoms with Gasteiger partial charge in [0.05, 0.1) is 19.3 Å². The maximum Gasteiger partial charge on any atom is 0.129 e. The van der Waals surface area contributed by atoms with Gasteiger partial charge in [-0.05, 0) is 24.2 Å². The number of likely N-dealkylation sites (N-methyl/N-ethyl adjacent to an activating group) is 1. The Balaban J connectivity index is 2.90. The van der Waals surface area contributed by atoms with Crippen molar-refractivity contribution in [3.8, 4) is 5.75 Å². The lowest BCUT2D eigenvalue weighted by molar-refractivity contribution is 0.197. The minimum absolute atomic E-state index is 0.159. The Kier molecular flexibility index (Phi) is 6.04. The second kappa shape index (κ2) is 7.31. The maximum absolute atomic E-state index is 8.97. The van der Waals surface area contributed by atoms with E-state index in [4.69, 9.17) is 27.8 Å². The van der Waals surface area contributed by atoms with Gasteiger partial charge in [0.15, 0.2) is 0 Å². The van der Waals surface area contributed by atoms with Crippen LogP contribution in [-0.2, 0) is 6.54 Å². The predicted molar refractivity (Wildman–Crippen MR) is 76.9 cm³/mol. The number of nitrogens with zero attached hydrogens (tertiary/aromatic N) is 1. The number of hydrogen-bond acceptors (Lipinski definition) is 4. The monoisotopic (exact) mass is 268 g/mol. The van der Waals surface area contributed by atoms with Crippen LogP contribution in [0.3, 0.4) is 0 Å². The predicted octanol–water partition coefficient (Wildman–Crippen LogP) is 1.14. The molecule has 0 radical (unpaired) electrons. The number of aliphatic hydroxyl groups is 1. The van der Waals surface area contributed by atoms with Gasteiger partial charge in [-0.15, -0.1) is 0 Å². The number of ether oxygens (including phenoxy) is 1. The molecular weight excluding hydrogens is 248 g/mol. The molecule has 100 valence electrons. The molecule has 0 aliphatic heterocycles. The molecule has 0 saturated heterocycles. The third-order valence-electron chi connectivity index (χ3n) is 2.80. The van der Waals surface area contributed by atoms with Crippen molar-refractivity contribution >= 4 is 17.2 Å². The molecular formula is C13H20N2O2S. The van der Waals surface area contributed by atoms with Crippen molar-refractivity contribution in [1.29, 1.82) is 0 Å². The molecule has 4 nitrogen and oxygen atoms in total. The van der Waals surface area contributed by atoms with E-state index >= 15 is 0 Å². The summed E-state index contributed by atoms with van der Waals surface area (Å²) in [6.07, 6.45) is 0. The van der Waals surface area contributed by atoms with Gasteiger partial charge in [-0.1, -0.05) is 25.2 Å². The van der Waals surface area contributed by atoms with E-state index in [9.17, 15) is 0 Å². The number of rotatable bonds is 7. The van der Waals surface area contributed by atoms with E-state index < -0.39 is 0 Å². The molecule has 3 N–H and O–H groups in total. The summed E-state index contributed by atoms with van der Waals surface area (Å²) in [7, 11) is 1.60. The van der Waals surface area contributed by atoms with Crippen LogP contribution in [0.15, 0.2) is 18.2 Å². The minimum atomic E-state index is 0.159. The fourth-order valence-electron chi connectivity index (χ4n) is 1.79. The highest BCUT2D eigenvalue weighted by molar-refractivity contribution is 7.80. The summed E-state index contributed by atoms with van der Waals surface area (Å²) < 4.78 is 5.22. The van der Waals surface area contributed by atoms with Gasteiger partial charge < -0.3 is 15.6 Å². The summed E-state index contributed by atoms with van der Waals surface area (Å²) in [5.74, 6) is 0.691. The Morgan fingerprint density at radius 2 is 2.22 bits per heavy atom. The first-order valence-corrected chi connectivity index (χ1v) is 6.33. The summed E-state index contributed by atoms with van der Waals surface area (Å²) in [5.41, 5.74) is 7.54. The molecule has 1 aromatic carbocycles. The smallest absolute Gasteiger partial charge is 0.129 e. The fourth-order valence-corrected chi connectivity index (χ4v) is 1.95. The highest BCUT2D eigenvalue weighted by Crippen LogP contribution is 2.20. The second-order valence-corrected chi connectivity index (χ2v) is 4.43. The van der Waals surface area contributed by atoms with Crippen LogP contribution in [0.1, 0.15) is 18.1 Å². The van der Waals surface area contributed by atoms with Crippen molar-refractivity contribution in [2.75, 3.05) is 26.8 Å². The van der Waals surface area contributed by atoms with E-state index in [1.54, 1.807) is 7.11 Å². The molecule has 0 aromatic heterocycles. The van der Waals surface area contributed by atoms with Gasteiger partial charge in [-0.3, -0.25) is 4.90 Å². The molecule has 0 aliphatic rings. The van der Waals surface area contributed by atoms with Gasteiger partial charge in [0, 0.05) is 13.1 Å². The van der Waals surface area contributed by atoms with Crippen LogP contribution in [-0.4, -0.2) is 41.8 Å². The van der Waals surface area contributed by atoms with Crippen molar-refractivity contribution in [3.05, 3.63) is 29.3 Å². The van der Waals surface area contributed by atoms with Crippen molar-refractivity contribution in [1.82, 2.24) is 4.90 Å². The first-order chi connectivity index (χ1) is 8.62. The Morgan fingerprint density at radius 3 is 2.72 bits per heavy atom. The van der Waals surface area contributed by atoms with Crippen LogP contribution >= 0.6 is 12.2 Å². The van der Waals surface area contributed by atoms with Crippen molar-refractivity contribution < 1.29 is 9.84 Å². The zero-order valence-corrected chi connectivity index (χ0v) is 11.7. The van der Waals surface area contributed by atoms with Crippen LogP contribution < -0.4 is 10.5 Å². The standard InChI is InChI=1S/C13H20N2O2S/c1-3-15(6-7-16)9-10-4-5-12(17-2)11(8-10)13(14)18/h4-5,8,16H,3,6-7,9H2,1-2H3,(H2,14,18). The molecule has 1 rings (SSSR count). The van der Waals surface area contributed by atoms with Gasteiger partial charge in [-0.2, -0.15) is 0 Å². The highest BCUT2D eigenvalue weighted by Gasteiger charge is 2.09. The van der Waals surface area contributed by atoms with Crippen LogP contribution in [0.5, 0.6) is 5.75 Å². The number of methoxy groups -OCH3 is 1. The topological polar surface area (TPSA) is 58.7 Å². The molecule has 5 heteroatoms. The van der Waals surface area contributed by atoms with Gasteiger partial charge in [0.1, 0.15) is 10.7 Å². The second-order valence-electron chi connectivity index (χ2n) is 3.99. The van der Waals surface area contributed by atoms with E-state index in [2.05, 4.69) is 11.8 Å². The molecule has 0 aliphatic carbocycles. The summed E-state index contributed by atoms with van der Waals surface area (Å²) >= 11 is 5.01. The number of thiocarbonyl (C=S) groups is 1. The molecule has 0 atom stereocenters. The summed E-state index contributed by atoms with van der Waals surface area (Å²) in [4.78, 5) is 2.48. The largest absolute Gasteiger partial charge is 0.496 e. The third kappa shape index (κ3) is 3.94. The zero-order valence-electron chi connectivity index (χ0n) is 10.8. The van der Waals surface area contributed by atoms with Crippen molar-refractivity contribution in [3.63, 3.8) is 0 Å². The highest BCUT2D eigenvalue weighted by atomic mass is 32.1. The molecule has 0 spiro atoms. The summed E-state index contributed by atoms with van der Waals surface area (Å²) in [6, 6.07) is 5.80. The molecule has 18 heavy (non-hydrogen) atoms. The summed E-state index contributed by atoms with van der Waals surface area (Å²) in [6.45, 7) is 4.52. The Hall–Kier alpha value is -1.17. The van der Waals surface area contributed by atoms with Gasteiger partial charge >= 0.3 is 0 Å². The van der Waals surface area contributed by atoms with E-state index in [0.29, 0.717) is 17.3 Å². The Morgan fingerprint density at radius 1 is 1.50 bits per heavy atom. The maximum atomic E-state index is 8.97. The minimum Gasteiger partial charge on any atom is -0.496 e. The van der Waals surface area contributed by atoms with E-state index in [0.717, 1.165) is 24.2 Å². The van der Waals surface area contributed by atoms with Crippen LogP contribution in [0.2, 0.25) is 0 Å². The molecule has 0 saturated carbocycles. The quantitative estimate of drug-likeness (QED) is 0.726. The lowest BCUT2D eigenvalue weighted by Gasteiger charge is -2.20. The first-order valence-electron chi connectivity index (χ1n) is 5.92. The van der Waals surface area contributed by atoms with E-state index in [-0.39, 0.29) is 6.61 Å². The molecule has 0 fully saturated rings. The molecule has 0 amide bonds. The molecule has 0 bridgehead atoms. The normalized spacial score (nSPS) is 10.7. The van der Waals surface area contributed by atoms with Crippen LogP contribution in [0.25, 0.3) is 0 Å². The van der Waals surface area contributed by atoms with Gasteiger partial charge in [0.25, 0.3) is 0 Å². The van der Waals surface area contributed by atoms with Crippen molar-refractivity contribution in [2.24, 2.45) is 5.73 Å². The van der Waals surface area contributed by atoms with E-state index in [1.807, 2.05) is 18.2 Å². The molecule has 1 aromatic rings. The lowest BCUT2D eigenvalue weighted by Crippen LogP contribution is -2.26. The number of benzene rings is 1. The first kappa shape index (κ1) is 14.9. The van der Waals surface area contributed by atoms with Gasteiger partial charge in [0.2, 0.25) is 0 Å². The third-order valence-corrected chi connectivity index (χ3v) is 3.02. The number of hydrogen-bond donors (Lipinski definition) is 2. The fraction of sp³-hybridized carbons (Fsp3) is 0.462. The molecule has 0 unspecified atom stereocenters. The number of aliphatic hydroxyl groups excluding tert-OH is 1. The molecule has 0 heterocycles. The van der Waals surface area contributed by atoms with Crippen molar-refractivity contribution in [2.45, 2.75) is 13.5 Å². The summed E-state index contributed by atoms with van der Waals surface area (Å²) in [5, 5.41) is 8.97. The van der Waals surface area contributed by atoms with Gasteiger partial charge in [-0.25, -0.2) is 0 Å². The SMILES string of the molecule is CCN(CCO)Cc1ccc(OC)c(C(N)=S)c1. The van der Waals surface area contributed by atoms with Crippen LogP contribution in [0, 0.1) is 0 Å². The Bertz CT molecular complexity index is 410. The zero-order chi connectivity index (χ0) is 13.5. The van der Waals surface area contributed by atoms with E-state index in [1.165, 1.54) is 0 Å². The Labute approximate surface area is 113 Å². The lowest BCUT2D eigenvalue weighted by atomic mass is 10.1. The number of nitrogens with two attached hydrogens (primary N) is 1. The average Bonchev–Trinajstić information content (AvgIpc) is 2.38. The average molecular weight is 268 g/mol.